The Labute approximate surface area is 259 Å². The molecule has 0 aliphatic carbocycles. The van der Waals surface area contributed by atoms with Gasteiger partial charge in [-0.1, -0.05) is 48.5 Å². The molecule has 3 aliphatic heterocycles. The second-order valence-electron chi connectivity index (χ2n) is 12.1. The van der Waals surface area contributed by atoms with Gasteiger partial charge < -0.3 is 14.5 Å². The van der Waals surface area contributed by atoms with Crippen LogP contribution in [0.3, 0.4) is 0 Å². The Balaban J connectivity index is 1.32. The van der Waals surface area contributed by atoms with Crippen LogP contribution in [0.4, 0.5) is 14.6 Å². The van der Waals surface area contributed by atoms with Gasteiger partial charge in [0.1, 0.15) is 29.8 Å². The first kappa shape index (κ1) is 28.9. The highest BCUT2D eigenvalue weighted by Gasteiger charge is 2.49. The average Bonchev–Trinajstić information content (AvgIpc) is 3.53. The number of nitrogens with zero attached hydrogens (tertiary/aromatic N) is 6. The summed E-state index contributed by atoms with van der Waals surface area (Å²) in [5.74, 6) is -0.294. The van der Waals surface area contributed by atoms with E-state index in [1.165, 1.54) is 6.08 Å². The topological polar surface area (TPSA) is 74.7 Å². The zero-order valence-electron chi connectivity index (χ0n) is 24.5. The van der Waals surface area contributed by atoms with Crippen LogP contribution in [0.15, 0.2) is 55.3 Å². The van der Waals surface area contributed by atoms with Crippen molar-refractivity contribution in [1.29, 1.82) is 0 Å². The molecule has 3 aliphatic rings. The fourth-order valence-corrected chi connectivity index (χ4v) is 7.39. The third-order valence-electron chi connectivity index (χ3n) is 9.43. The maximum Gasteiger partial charge on any atom is 0.319 e. The predicted molar refractivity (Wildman–Crippen MR) is 167 cm³/mol. The van der Waals surface area contributed by atoms with Gasteiger partial charge in [0.05, 0.1) is 10.9 Å². The van der Waals surface area contributed by atoms with Gasteiger partial charge in [-0.2, -0.15) is 9.97 Å². The zero-order valence-corrected chi connectivity index (χ0v) is 25.2. The van der Waals surface area contributed by atoms with Gasteiger partial charge in [0.25, 0.3) is 0 Å². The van der Waals surface area contributed by atoms with E-state index in [-0.39, 0.29) is 35.8 Å². The third kappa shape index (κ3) is 4.84. The van der Waals surface area contributed by atoms with E-state index in [0.29, 0.717) is 53.2 Å². The third-order valence-corrected chi connectivity index (χ3v) is 9.75. The fraction of sp³-hybridized carbons (Fsp3) is 0.394. The fourth-order valence-electron chi connectivity index (χ4n) is 7.10. The molecule has 3 fully saturated rings. The Morgan fingerprint density at radius 1 is 1.25 bits per heavy atom. The lowest BCUT2D eigenvalue weighted by molar-refractivity contribution is -0.125. The molecule has 0 unspecified atom stereocenters. The minimum atomic E-state index is -0.900. The number of hydrogen-bond acceptors (Lipinski definition) is 7. The second kappa shape index (κ2) is 11.2. The lowest BCUT2D eigenvalue weighted by Gasteiger charge is -2.43. The first-order valence-electron chi connectivity index (χ1n) is 15.0. The summed E-state index contributed by atoms with van der Waals surface area (Å²) in [6, 6.07) is 11.1. The molecule has 2 aromatic carbocycles. The van der Waals surface area contributed by atoms with E-state index in [0.717, 1.165) is 31.2 Å². The summed E-state index contributed by atoms with van der Waals surface area (Å²) < 4.78 is 37.3. The molecule has 11 heteroatoms. The first-order chi connectivity index (χ1) is 21.3. The van der Waals surface area contributed by atoms with Crippen LogP contribution in [0.25, 0.3) is 32.9 Å². The number of pyridine rings is 1. The molecular formula is C33H33ClF2N6O2. The SMILES string of the molecule is C=CC(=O)N(C)C[C@H]1CCN1c1nc(OC[C@@]23CCCN2C[C@H](F)C3)nc2c(F)c(-c3cccc4cccc(Cl)c34)ncc12. The van der Waals surface area contributed by atoms with E-state index in [2.05, 4.69) is 21.4 Å². The lowest BCUT2D eigenvalue weighted by atomic mass is 9.95. The summed E-state index contributed by atoms with van der Waals surface area (Å²) in [6.45, 7) is 6.14. The quantitative estimate of drug-likeness (QED) is 0.231. The van der Waals surface area contributed by atoms with Crippen LogP contribution in [-0.4, -0.2) is 88.2 Å². The second-order valence-corrected chi connectivity index (χ2v) is 12.5. The van der Waals surface area contributed by atoms with E-state index in [4.69, 9.17) is 21.3 Å². The molecule has 44 heavy (non-hydrogen) atoms. The summed E-state index contributed by atoms with van der Waals surface area (Å²) in [6.07, 6.45) is 5.01. The van der Waals surface area contributed by atoms with Gasteiger partial charge in [-0.05, 0) is 43.3 Å². The van der Waals surface area contributed by atoms with E-state index >= 15 is 4.39 Å². The van der Waals surface area contributed by atoms with E-state index in [1.807, 2.05) is 29.2 Å². The normalized spacial score (nSPS) is 23.1. The largest absolute Gasteiger partial charge is 0.461 e. The number of ether oxygens (including phenoxy) is 1. The van der Waals surface area contributed by atoms with E-state index < -0.39 is 17.5 Å². The number of hydrogen-bond donors (Lipinski definition) is 0. The molecule has 0 N–H and O–H groups in total. The Hall–Kier alpha value is -3.89. The zero-order chi connectivity index (χ0) is 30.6. The lowest BCUT2D eigenvalue weighted by Crippen LogP contribution is -2.54. The van der Waals surface area contributed by atoms with Crippen LogP contribution < -0.4 is 9.64 Å². The minimum absolute atomic E-state index is 0.0317. The van der Waals surface area contributed by atoms with Gasteiger partial charge >= 0.3 is 6.01 Å². The Morgan fingerprint density at radius 3 is 2.84 bits per heavy atom. The van der Waals surface area contributed by atoms with E-state index in [9.17, 15) is 9.18 Å². The standard InChI is InChI=1S/C33H33ClF2N6O2/c1-3-26(43)40(2)18-22-11-14-42(22)31-24-16-37-29(23-9-4-7-20-8-5-10-25(34)27(20)23)28(36)30(24)38-32(39-31)44-19-33-12-6-13-41(33)17-21(35)15-33/h3-5,7-10,16,21-22H,1,6,11-15,17-19H2,2H3/t21-,22-,33+/m1/s1. The summed E-state index contributed by atoms with van der Waals surface area (Å²) in [5, 5.41) is 2.51. The molecule has 8 nitrogen and oxygen atoms in total. The maximum atomic E-state index is 16.6. The van der Waals surface area contributed by atoms with Crippen molar-refractivity contribution in [2.24, 2.45) is 0 Å². The summed E-state index contributed by atoms with van der Waals surface area (Å²) in [5.41, 5.74) is 0.352. The van der Waals surface area contributed by atoms with Gasteiger partial charge in [0.2, 0.25) is 5.91 Å². The minimum Gasteiger partial charge on any atom is -0.461 e. The van der Waals surface area contributed by atoms with Crippen LogP contribution in [0.5, 0.6) is 6.01 Å². The molecule has 1 amide bonds. The van der Waals surface area contributed by atoms with Crippen LogP contribution in [-0.2, 0) is 4.79 Å². The van der Waals surface area contributed by atoms with E-state index in [1.54, 1.807) is 30.3 Å². The van der Waals surface area contributed by atoms with Gasteiger partial charge in [0.15, 0.2) is 5.82 Å². The molecular weight excluding hydrogens is 586 g/mol. The predicted octanol–water partition coefficient (Wildman–Crippen LogP) is 5.82. The molecule has 3 saturated heterocycles. The van der Waals surface area contributed by atoms with Crippen molar-refractivity contribution in [3.63, 3.8) is 0 Å². The van der Waals surface area contributed by atoms with Gasteiger partial charge in [-0.3, -0.25) is 14.7 Å². The molecule has 4 aromatic rings. The van der Waals surface area contributed by atoms with Gasteiger partial charge in [-0.25, -0.2) is 8.78 Å². The number of likely N-dealkylation sites (N-methyl/N-ethyl adjacent to an activating group) is 1. The highest BCUT2D eigenvalue weighted by Crippen LogP contribution is 2.42. The number of halogens is 3. The smallest absolute Gasteiger partial charge is 0.319 e. The molecule has 7 rings (SSSR count). The summed E-state index contributed by atoms with van der Waals surface area (Å²) >= 11 is 6.58. The number of anilines is 1. The van der Waals surface area contributed by atoms with Crippen LogP contribution in [0.1, 0.15) is 25.7 Å². The number of fused-ring (bicyclic) bond motifs is 3. The maximum absolute atomic E-state index is 16.6. The molecule has 0 spiro atoms. The number of carbonyl (C=O) groups is 1. The van der Waals surface area contributed by atoms with Crippen molar-refractivity contribution < 1.29 is 18.3 Å². The Morgan fingerprint density at radius 2 is 2.07 bits per heavy atom. The monoisotopic (exact) mass is 618 g/mol. The van der Waals surface area contributed by atoms with Crippen molar-refractivity contribution in [1.82, 2.24) is 24.8 Å². The highest BCUT2D eigenvalue weighted by atomic mass is 35.5. The van der Waals surface area contributed by atoms with Crippen molar-refractivity contribution >= 4 is 45.0 Å². The number of alkyl halides is 1. The molecule has 5 heterocycles. The molecule has 0 bridgehead atoms. The average molecular weight is 619 g/mol. The van der Waals surface area contributed by atoms with Crippen molar-refractivity contribution in [3.8, 4) is 17.3 Å². The number of carbonyl (C=O) groups excluding carboxylic acids is 1. The molecule has 3 atom stereocenters. The van der Waals surface area contributed by atoms with Gasteiger partial charge in [-0.15, -0.1) is 0 Å². The van der Waals surface area contributed by atoms with Crippen LogP contribution in [0, 0.1) is 5.82 Å². The summed E-state index contributed by atoms with van der Waals surface area (Å²) in [4.78, 5) is 31.9. The number of rotatable bonds is 8. The summed E-state index contributed by atoms with van der Waals surface area (Å²) in [7, 11) is 1.72. The Bertz CT molecular complexity index is 1780. The number of amides is 1. The molecule has 228 valence electrons. The van der Waals surface area contributed by atoms with Crippen molar-refractivity contribution in [2.75, 3.05) is 44.7 Å². The number of benzene rings is 2. The first-order valence-corrected chi connectivity index (χ1v) is 15.4. The van der Waals surface area contributed by atoms with Crippen LogP contribution >= 0.6 is 11.6 Å². The van der Waals surface area contributed by atoms with Gasteiger partial charge in [0, 0.05) is 61.3 Å². The van der Waals surface area contributed by atoms with Crippen LogP contribution in [0.2, 0.25) is 5.02 Å². The van der Waals surface area contributed by atoms with Crippen molar-refractivity contribution in [3.05, 3.63) is 66.1 Å². The molecule has 0 saturated carbocycles. The molecule has 0 radical (unpaired) electrons. The molecule has 2 aromatic heterocycles. The Kier molecular flexibility index (Phi) is 7.37. The van der Waals surface area contributed by atoms with Crippen molar-refractivity contribution in [2.45, 2.75) is 43.4 Å². The number of aromatic nitrogens is 3. The highest BCUT2D eigenvalue weighted by molar-refractivity contribution is 6.36.